The third kappa shape index (κ3) is 2.94. The Kier molecular flexibility index (Phi) is 4.28. The minimum atomic E-state index is -3.48. The third-order valence-corrected chi connectivity index (χ3v) is 3.74. The van der Waals surface area contributed by atoms with E-state index in [0.717, 1.165) is 0 Å². The molecule has 0 saturated heterocycles. The van der Waals surface area contributed by atoms with Crippen LogP contribution in [0.5, 0.6) is 0 Å². The molecule has 0 aliphatic carbocycles. The van der Waals surface area contributed by atoms with Crippen LogP contribution in [-0.2, 0) is 21.4 Å². The van der Waals surface area contributed by atoms with E-state index in [0.29, 0.717) is 17.0 Å². The summed E-state index contributed by atoms with van der Waals surface area (Å²) in [5.74, 6) is 0. The van der Waals surface area contributed by atoms with Gasteiger partial charge in [0, 0.05) is 11.6 Å². The molecular weight excluding hydrogens is 252 g/mol. The molecule has 0 heterocycles. The van der Waals surface area contributed by atoms with E-state index in [9.17, 15) is 13.2 Å². The number of nitrogens with one attached hydrogen (secondary N) is 2. The number of amides is 1. The van der Waals surface area contributed by atoms with Crippen LogP contribution in [0.2, 0.25) is 5.02 Å². The molecule has 0 bridgehead atoms. The van der Waals surface area contributed by atoms with Gasteiger partial charge >= 0.3 is 0 Å². The zero-order chi connectivity index (χ0) is 12.2. The molecule has 0 spiro atoms. The van der Waals surface area contributed by atoms with Gasteiger partial charge in [0.15, 0.2) is 0 Å². The van der Waals surface area contributed by atoms with Crippen molar-refractivity contribution >= 4 is 28.0 Å². The molecule has 5 nitrogen and oxygen atoms in total. The number of rotatable bonds is 5. The first-order valence-electron chi connectivity index (χ1n) is 4.40. The van der Waals surface area contributed by atoms with E-state index < -0.39 is 10.0 Å². The normalized spacial score (nSPS) is 11.1. The minimum Gasteiger partial charge on any atom is -0.355 e. The van der Waals surface area contributed by atoms with Crippen LogP contribution < -0.4 is 10.0 Å². The molecule has 0 radical (unpaired) electrons. The Hall–Kier alpha value is -1.11. The largest absolute Gasteiger partial charge is 0.355 e. The van der Waals surface area contributed by atoms with Crippen LogP contribution in [-0.4, -0.2) is 21.9 Å². The zero-order valence-electron chi connectivity index (χ0n) is 8.53. The Morgan fingerprint density at radius 3 is 2.62 bits per heavy atom. The number of carbonyl (C=O) groups is 1. The summed E-state index contributed by atoms with van der Waals surface area (Å²) in [7, 11) is -2.16. The first kappa shape index (κ1) is 13.0. The number of sulfonamides is 1. The van der Waals surface area contributed by atoms with Crippen molar-refractivity contribution in [2.24, 2.45) is 0 Å². The van der Waals surface area contributed by atoms with Gasteiger partial charge in [0.2, 0.25) is 16.4 Å². The maximum absolute atomic E-state index is 11.4. The summed E-state index contributed by atoms with van der Waals surface area (Å²) in [5.41, 5.74) is 0.656. The maximum atomic E-state index is 11.4. The molecule has 2 N–H and O–H groups in total. The molecule has 1 aromatic rings. The molecule has 7 heteroatoms. The molecule has 0 aliphatic rings. The standard InChI is InChI=1S/C9H11ClN2O3S/c1-11-16(14,15)8-3-2-7(5-12-6-13)9(10)4-8/h2-4,6,11H,5H2,1H3,(H,12,13). The minimum absolute atomic E-state index is 0.0925. The fourth-order valence-electron chi connectivity index (χ4n) is 1.11. The van der Waals surface area contributed by atoms with Gasteiger partial charge in [-0.2, -0.15) is 0 Å². The smallest absolute Gasteiger partial charge is 0.240 e. The monoisotopic (exact) mass is 262 g/mol. The first-order chi connectivity index (χ1) is 7.51. The lowest BCUT2D eigenvalue weighted by atomic mass is 10.2. The van der Waals surface area contributed by atoms with Crippen LogP contribution in [0.1, 0.15) is 5.56 Å². The molecule has 0 atom stereocenters. The molecule has 0 unspecified atom stereocenters. The van der Waals surface area contributed by atoms with Crippen molar-refractivity contribution in [1.82, 2.24) is 10.0 Å². The Labute approximate surface area is 98.9 Å². The van der Waals surface area contributed by atoms with Gasteiger partial charge in [-0.25, -0.2) is 13.1 Å². The summed E-state index contributed by atoms with van der Waals surface area (Å²) in [4.78, 5) is 10.2. The molecular formula is C9H11ClN2O3S. The van der Waals surface area contributed by atoms with Crippen molar-refractivity contribution in [2.45, 2.75) is 11.4 Å². The van der Waals surface area contributed by atoms with Gasteiger partial charge in [0.05, 0.1) is 4.90 Å². The zero-order valence-corrected chi connectivity index (χ0v) is 10.1. The number of halogens is 1. The first-order valence-corrected chi connectivity index (χ1v) is 6.26. The fraction of sp³-hybridized carbons (Fsp3) is 0.222. The van der Waals surface area contributed by atoms with E-state index in [-0.39, 0.29) is 11.4 Å². The van der Waals surface area contributed by atoms with Gasteiger partial charge in [-0.05, 0) is 24.7 Å². The maximum Gasteiger partial charge on any atom is 0.240 e. The second-order valence-electron chi connectivity index (χ2n) is 2.96. The molecule has 1 aromatic carbocycles. The molecule has 1 amide bonds. The van der Waals surface area contributed by atoms with Gasteiger partial charge in [0.1, 0.15) is 0 Å². The fourth-order valence-corrected chi connectivity index (χ4v) is 2.18. The van der Waals surface area contributed by atoms with Crippen molar-refractivity contribution < 1.29 is 13.2 Å². The number of hydrogen-bond donors (Lipinski definition) is 2. The van der Waals surface area contributed by atoms with Crippen LogP contribution in [0.25, 0.3) is 0 Å². The number of benzene rings is 1. The van der Waals surface area contributed by atoms with Gasteiger partial charge in [-0.1, -0.05) is 17.7 Å². The van der Waals surface area contributed by atoms with Gasteiger partial charge < -0.3 is 5.32 Å². The van der Waals surface area contributed by atoms with E-state index in [1.807, 2.05) is 0 Å². The molecule has 16 heavy (non-hydrogen) atoms. The Balaban J connectivity index is 3.04. The Morgan fingerprint density at radius 2 is 2.12 bits per heavy atom. The Bertz CT molecular complexity index is 488. The second kappa shape index (κ2) is 5.29. The topological polar surface area (TPSA) is 75.3 Å². The second-order valence-corrected chi connectivity index (χ2v) is 5.25. The number of hydrogen-bond acceptors (Lipinski definition) is 3. The van der Waals surface area contributed by atoms with Gasteiger partial charge in [-0.15, -0.1) is 0 Å². The van der Waals surface area contributed by atoms with Crippen LogP contribution in [0.3, 0.4) is 0 Å². The summed E-state index contributed by atoms with van der Waals surface area (Å²) in [5, 5.41) is 2.74. The molecule has 0 aliphatic heterocycles. The van der Waals surface area contributed by atoms with Crippen LogP contribution in [0, 0.1) is 0 Å². The van der Waals surface area contributed by atoms with Crippen molar-refractivity contribution in [3.8, 4) is 0 Å². The molecule has 88 valence electrons. The average molecular weight is 263 g/mol. The van der Waals surface area contributed by atoms with E-state index in [2.05, 4.69) is 10.0 Å². The highest BCUT2D eigenvalue weighted by molar-refractivity contribution is 7.89. The van der Waals surface area contributed by atoms with Crippen molar-refractivity contribution in [3.05, 3.63) is 28.8 Å². The molecule has 1 rings (SSSR count). The highest BCUT2D eigenvalue weighted by Gasteiger charge is 2.12. The SMILES string of the molecule is CNS(=O)(=O)c1ccc(CNC=O)c(Cl)c1. The third-order valence-electron chi connectivity index (χ3n) is 1.98. The van der Waals surface area contributed by atoms with E-state index in [1.54, 1.807) is 6.07 Å². The predicted octanol–water partition coefficient (Wildman–Crippen LogP) is 0.494. The highest BCUT2D eigenvalue weighted by atomic mass is 35.5. The summed E-state index contributed by atoms with van der Waals surface area (Å²) in [6.45, 7) is 0.266. The molecule has 0 fully saturated rings. The summed E-state index contributed by atoms with van der Waals surface area (Å²) < 4.78 is 25.1. The van der Waals surface area contributed by atoms with Gasteiger partial charge in [0.25, 0.3) is 0 Å². The predicted molar refractivity (Wildman–Crippen MR) is 60.6 cm³/mol. The lowest BCUT2D eigenvalue weighted by Crippen LogP contribution is -2.18. The van der Waals surface area contributed by atoms with Crippen molar-refractivity contribution in [3.63, 3.8) is 0 Å². The summed E-state index contributed by atoms with van der Waals surface area (Å²) in [6, 6.07) is 4.33. The lowest BCUT2D eigenvalue weighted by Gasteiger charge is -2.06. The molecule has 0 saturated carbocycles. The summed E-state index contributed by atoms with van der Waals surface area (Å²) in [6.07, 6.45) is 0.550. The van der Waals surface area contributed by atoms with E-state index in [4.69, 9.17) is 11.6 Å². The number of carbonyl (C=O) groups excluding carboxylic acids is 1. The van der Waals surface area contributed by atoms with E-state index >= 15 is 0 Å². The van der Waals surface area contributed by atoms with Gasteiger partial charge in [-0.3, -0.25) is 4.79 Å². The lowest BCUT2D eigenvalue weighted by molar-refractivity contribution is -0.109. The van der Waals surface area contributed by atoms with Crippen molar-refractivity contribution in [2.75, 3.05) is 7.05 Å². The average Bonchev–Trinajstić information content (AvgIpc) is 2.27. The highest BCUT2D eigenvalue weighted by Crippen LogP contribution is 2.20. The quantitative estimate of drug-likeness (QED) is 0.759. The van der Waals surface area contributed by atoms with E-state index in [1.165, 1.54) is 19.2 Å². The van der Waals surface area contributed by atoms with Crippen LogP contribution >= 0.6 is 11.6 Å². The van der Waals surface area contributed by atoms with Crippen LogP contribution in [0.15, 0.2) is 23.1 Å². The van der Waals surface area contributed by atoms with Crippen molar-refractivity contribution in [1.29, 1.82) is 0 Å². The van der Waals surface area contributed by atoms with Crippen LogP contribution in [0.4, 0.5) is 0 Å². The molecule has 0 aromatic heterocycles. The summed E-state index contributed by atoms with van der Waals surface area (Å²) >= 11 is 5.88. The Morgan fingerprint density at radius 1 is 1.44 bits per heavy atom.